The van der Waals surface area contributed by atoms with Crippen LogP contribution in [0, 0.1) is 0 Å². The van der Waals surface area contributed by atoms with Gasteiger partial charge in [-0.3, -0.25) is 9.69 Å². The molecule has 3 rings (SSSR count). The largest absolute Gasteiger partial charge is 0.493 e. The van der Waals surface area contributed by atoms with E-state index in [1.165, 1.54) is 11.3 Å². The minimum atomic E-state index is -0.418. The maximum Gasteiger partial charge on any atom is 0.260 e. The Morgan fingerprint density at radius 3 is 2.77 bits per heavy atom. The van der Waals surface area contributed by atoms with Crippen LogP contribution in [0.2, 0.25) is 0 Å². The van der Waals surface area contributed by atoms with Crippen molar-refractivity contribution in [2.75, 3.05) is 27.3 Å². The van der Waals surface area contributed by atoms with Crippen molar-refractivity contribution in [3.8, 4) is 22.6 Å². The summed E-state index contributed by atoms with van der Waals surface area (Å²) < 4.78 is 10.7. The zero-order chi connectivity index (χ0) is 22.4. The summed E-state index contributed by atoms with van der Waals surface area (Å²) in [5.41, 5.74) is 1.49. The van der Waals surface area contributed by atoms with Crippen LogP contribution in [-0.4, -0.2) is 53.4 Å². The predicted molar refractivity (Wildman–Crippen MR) is 125 cm³/mol. The van der Waals surface area contributed by atoms with E-state index in [-0.39, 0.29) is 5.56 Å². The predicted octanol–water partition coefficient (Wildman–Crippen LogP) is 3.82. The highest BCUT2D eigenvalue weighted by atomic mass is 32.1. The third-order valence-electron chi connectivity index (χ3n) is 5.04. The van der Waals surface area contributed by atoms with Crippen molar-refractivity contribution in [2.24, 2.45) is 0 Å². The van der Waals surface area contributed by atoms with Crippen molar-refractivity contribution < 1.29 is 14.6 Å². The Kier molecular flexibility index (Phi) is 7.84. The van der Waals surface area contributed by atoms with E-state index in [4.69, 9.17) is 9.47 Å². The van der Waals surface area contributed by atoms with E-state index in [9.17, 15) is 9.90 Å². The molecule has 8 heteroatoms. The molecule has 0 saturated carbocycles. The number of thiophene rings is 1. The summed E-state index contributed by atoms with van der Waals surface area (Å²) in [7, 11) is 3.17. The molecule has 3 aromatic rings. The normalized spacial score (nSPS) is 12.3. The van der Waals surface area contributed by atoms with E-state index < -0.39 is 6.10 Å². The van der Waals surface area contributed by atoms with Gasteiger partial charge in [-0.2, -0.15) is 0 Å². The molecule has 0 saturated heterocycles. The van der Waals surface area contributed by atoms with E-state index >= 15 is 0 Å². The zero-order valence-corrected chi connectivity index (χ0v) is 19.0. The average Bonchev–Trinajstić information content (AvgIpc) is 3.18. The number of hydrogen-bond donors (Lipinski definition) is 2. The third-order valence-corrected chi connectivity index (χ3v) is 5.91. The van der Waals surface area contributed by atoms with E-state index in [1.807, 2.05) is 35.4 Å². The van der Waals surface area contributed by atoms with Gasteiger partial charge in [-0.25, -0.2) is 4.98 Å². The number of aromatic nitrogens is 2. The Bertz CT molecular complexity index is 1090. The van der Waals surface area contributed by atoms with Crippen molar-refractivity contribution in [1.29, 1.82) is 0 Å². The maximum atomic E-state index is 13.0. The smallest absolute Gasteiger partial charge is 0.260 e. The van der Waals surface area contributed by atoms with Crippen LogP contribution in [-0.2, 0) is 6.54 Å². The van der Waals surface area contributed by atoms with Gasteiger partial charge in [-0.15, -0.1) is 17.9 Å². The number of fused-ring (bicyclic) bond motifs is 1. The molecule has 1 unspecified atom stereocenters. The summed E-state index contributed by atoms with van der Waals surface area (Å²) in [5, 5.41) is 12.7. The first-order valence-corrected chi connectivity index (χ1v) is 11.1. The van der Waals surface area contributed by atoms with Crippen LogP contribution in [0.1, 0.15) is 25.6 Å². The highest BCUT2D eigenvalue weighted by molar-refractivity contribution is 7.17. The van der Waals surface area contributed by atoms with Crippen LogP contribution in [0.5, 0.6) is 11.5 Å². The quantitative estimate of drug-likeness (QED) is 0.438. The van der Waals surface area contributed by atoms with Gasteiger partial charge < -0.3 is 19.6 Å². The first-order chi connectivity index (χ1) is 15.0. The molecule has 0 bridgehead atoms. The van der Waals surface area contributed by atoms with Crippen LogP contribution < -0.4 is 15.0 Å². The van der Waals surface area contributed by atoms with Gasteiger partial charge in [0.1, 0.15) is 10.7 Å². The van der Waals surface area contributed by atoms with E-state index in [0.717, 1.165) is 24.0 Å². The number of nitrogens with one attached hydrogen (secondary N) is 1. The molecule has 0 radical (unpaired) electrons. The van der Waals surface area contributed by atoms with Gasteiger partial charge in [0.25, 0.3) is 5.56 Å². The lowest BCUT2D eigenvalue weighted by atomic mass is 10.1. The zero-order valence-electron chi connectivity index (χ0n) is 18.2. The molecule has 31 heavy (non-hydrogen) atoms. The summed E-state index contributed by atoms with van der Waals surface area (Å²) in [6.07, 6.45) is 3.02. The highest BCUT2D eigenvalue weighted by Gasteiger charge is 2.17. The lowest BCUT2D eigenvalue weighted by molar-refractivity contribution is 0.106. The topological polar surface area (TPSA) is 87.7 Å². The molecule has 2 N–H and O–H groups in total. The van der Waals surface area contributed by atoms with Gasteiger partial charge >= 0.3 is 0 Å². The molecule has 0 aliphatic carbocycles. The molecule has 2 heterocycles. The molecular formula is C23H29N3O4S. The number of methoxy groups -OCH3 is 2. The second kappa shape index (κ2) is 10.6. The average molecular weight is 444 g/mol. The van der Waals surface area contributed by atoms with Crippen LogP contribution in [0.3, 0.4) is 0 Å². The van der Waals surface area contributed by atoms with Crippen LogP contribution >= 0.6 is 11.3 Å². The number of benzene rings is 1. The summed E-state index contributed by atoms with van der Waals surface area (Å²) in [5.74, 6) is 1.81. The maximum absolute atomic E-state index is 13.0. The van der Waals surface area contributed by atoms with Gasteiger partial charge in [0.05, 0.1) is 32.3 Å². The molecular weight excluding hydrogens is 414 g/mol. The molecule has 0 amide bonds. The lowest BCUT2D eigenvalue weighted by Gasteiger charge is -2.23. The molecule has 166 valence electrons. The Labute approximate surface area is 186 Å². The number of aliphatic hydroxyl groups is 1. The third kappa shape index (κ3) is 5.33. The SMILES string of the molecule is C=CCN(Cc1nc2scc(-c3ccc(OC)c(OC)c3)c2c(=O)[nH]1)CC(O)CCC. The van der Waals surface area contributed by atoms with Gasteiger partial charge in [-0.05, 0) is 24.1 Å². The van der Waals surface area contributed by atoms with Crippen molar-refractivity contribution in [1.82, 2.24) is 14.9 Å². The number of aliphatic hydroxyl groups excluding tert-OH is 1. The molecule has 1 aromatic carbocycles. The molecule has 1 atom stereocenters. The summed E-state index contributed by atoms with van der Waals surface area (Å²) in [4.78, 5) is 23.3. The number of hydrogen-bond acceptors (Lipinski definition) is 7. The number of aromatic amines is 1. The number of H-pyrrole nitrogens is 1. The fourth-order valence-corrected chi connectivity index (χ4v) is 4.57. The van der Waals surface area contributed by atoms with Gasteiger partial charge in [0.15, 0.2) is 11.5 Å². The van der Waals surface area contributed by atoms with Crippen LogP contribution in [0.4, 0.5) is 0 Å². The monoisotopic (exact) mass is 443 g/mol. The molecule has 0 fully saturated rings. The van der Waals surface area contributed by atoms with Crippen molar-refractivity contribution in [2.45, 2.75) is 32.4 Å². The Morgan fingerprint density at radius 1 is 1.32 bits per heavy atom. The van der Waals surface area contributed by atoms with Gasteiger partial charge in [-0.1, -0.05) is 25.5 Å². The number of ether oxygens (including phenoxy) is 2. The Balaban J connectivity index is 1.92. The standard InChI is InChI=1S/C23H29N3O4S/c1-5-7-16(27)12-26(10-6-2)13-20-24-22(28)21-17(14-31-23(21)25-20)15-8-9-18(29-3)19(11-15)30-4/h6,8-9,11,14,16,27H,2,5,7,10,12-13H2,1,3-4H3,(H,24,25,28). The lowest BCUT2D eigenvalue weighted by Crippen LogP contribution is -2.33. The number of nitrogens with zero attached hydrogens (tertiary/aromatic N) is 2. The fraction of sp³-hybridized carbons (Fsp3) is 0.391. The summed E-state index contributed by atoms with van der Waals surface area (Å²) in [6.45, 7) is 7.37. The molecule has 0 aliphatic rings. The summed E-state index contributed by atoms with van der Waals surface area (Å²) >= 11 is 1.43. The molecule has 2 aromatic heterocycles. The molecule has 7 nitrogen and oxygen atoms in total. The first kappa shape index (κ1) is 23.0. The van der Waals surface area contributed by atoms with Crippen LogP contribution in [0.15, 0.2) is 41.0 Å². The van der Waals surface area contributed by atoms with Crippen molar-refractivity contribution >= 4 is 21.6 Å². The Morgan fingerprint density at radius 2 is 2.10 bits per heavy atom. The van der Waals surface area contributed by atoms with E-state index in [0.29, 0.717) is 47.2 Å². The van der Waals surface area contributed by atoms with E-state index in [2.05, 4.69) is 16.5 Å². The van der Waals surface area contributed by atoms with Crippen LogP contribution in [0.25, 0.3) is 21.3 Å². The molecule has 0 spiro atoms. The minimum Gasteiger partial charge on any atom is -0.493 e. The molecule has 0 aliphatic heterocycles. The van der Waals surface area contributed by atoms with Crippen molar-refractivity contribution in [3.63, 3.8) is 0 Å². The second-order valence-corrected chi connectivity index (χ2v) is 8.20. The second-order valence-electron chi connectivity index (χ2n) is 7.34. The minimum absolute atomic E-state index is 0.182. The summed E-state index contributed by atoms with van der Waals surface area (Å²) in [6, 6.07) is 5.58. The first-order valence-electron chi connectivity index (χ1n) is 10.2. The Hall–Kier alpha value is -2.68. The van der Waals surface area contributed by atoms with Crippen molar-refractivity contribution in [3.05, 3.63) is 52.4 Å². The highest BCUT2D eigenvalue weighted by Crippen LogP contribution is 2.36. The van der Waals surface area contributed by atoms with Gasteiger partial charge in [0.2, 0.25) is 0 Å². The van der Waals surface area contributed by atoms with E-state index in [1.54, 1.807) is 20.3 Å². The number of rotatable bonds is 11. The van der Waals surface area contributed by atoms with Gasteiger partial charge in [0, 0.05) is 24.0 Å². The fourth-order valence-electron chi connectivity index (χ4n) is 3.61.